The Bertz CT molecular complexity index is 454. The van der Waals surface area contributed by atoms with E-state index in [9.17, 15) is 9.18 Å². The molecule has 0 radical (unpaired) electrons. The SMILES string of the molecule is CC(CCN)C(=O)Nc1cccc(F)c1C#N. The minimum absolute atomic E-state index is 0.152. The Morgan fingerprint density at radius 3 is 2.94 bits per heavy atom. The van der Waals surface area contributed by atoms with Crippen molar-refractivity contribution in [3.63, 3.8) is 0 Å². The Balaban J connectivity index is 2.86. The molecule has 0 saturated heterocycles. The van der Waals surface area contributed by atoms with Crippen molar-refractivity contribution in [3.8, 4) is 6.07 Å². The lowest BCUT2D eigenvalue weighted by Gasteiger charge is -2.12. The summed E-state index contributed by atoms with van der Waals surface area (Å²) in [5.74, 6) is -1.18. The highest BCUT2D eigenvalue weighted by atomic mass is 19.1. The van der Waals surface area contributed by atoms with E-state index in [4.69, 9.17) is 11.0 Å². The summed E-state index contributed by atoms with van der Waals surface area (Å²) in [7, 11) is 0. The average molecular weight is 235 g/mol. The van der Waals surface area contributed by atoms with Crippen LogP contribution in [0.3, 0.4) is 0 Å². The zero-order valence-electron chi connectivity index (χ0n) is 9.53. The first-order valence-electron chi connectivity index (χ1n) is 5.29. The van der Waals surface area contributed by atoms with Crippen LogP contribution in [0.15, 0.2) is 18.2 Å². The Morgan fingerprint density at radius 1 is 1.65 bits per heavy atom. The second kappa shape index (κ2) is 5.97. The van der Waals surface area contributed by atoms with E-state index in [1.165, 1.54) is 18.2 Å². The van der Waals surface area contributed by atoms with Gasteiger partial charge in [0.1, 0.15) is 17.4 Å². The van der Waals surface area contributed by atoms with E-state index in [0.717, 1.165) is 0 Å². The van der Waals surface area contributed by atoms with Gasteiger partial charge in [0.05, 0.1) is 5.69 Å². The third-order valence-electron chi connectivity index (χ3n) is 2.43. The molecule has 1 aromatic carbocycles. The molecule has 1 amide bonds. The number of benzene rings is 1. The number of amides is 1. The Hall–Kier alpha value is -1.93. The molecule has 0 aliphatic heterocycles. The predicted octanol–water partition coefficient (Wildman–Crippen LogP) is 1.62. The molecule has 1 unspecified atom stereocenters. The largest absolute Gasteiger partial charge is 0.330 e. The van der Waals surface area contributed by atoms with Crippen molar-refractivity contribution < 1.29 is 9.18 Å². The van der Waals surface area contributed by atoms with Gasteiger partial charge in [0, 0.05) is 5.92 Å². The molecule has 0 aliphatic carbocycles. The first-order valence-corrected chi connectivity index (χ1v) is 5.29. The molecule has 90 valence electrons. The van der Waals surface area contributed by atoms with Gasteiger partial charge in [-0.15, -0.1) is 0 Å². The van der Waals surface area contributed by atoms with Crippen molar-refractivity contribution in [2.45, 2.75) is 13.3 Å². The molecule has 0 spiro atoms. The summed E-state index contributed by atoms with van der Waals surface area (Å²) in [6.45, 7) is 2.14. The maximum Gasteiger partial charge on any atom is 0.227 e. The third-order valence-corrected chi connectivity index (χ3v) is 2.43. The van der Waals surface area contributed by atoms with E-state index in [-0.39, 0.29) is 23.1 Å². The Labute approximate surface area is 99.2 Å². The molecule has 0 fully saturated rings. The Morgan fingerprint density at radius 2 is 2.35 bits per heavy atom. The van der Waals surface area contributed by atoms with Crippen molar-refractivity contribution in [3.05, 3.63) is 29.6 Å². The molecule has 0 aliphatic rings. The van der Waals surface area contributed by atoms with Crippen molar-refractivity contribution >= 4 is 11.6 Å². The summed E-state index contributed by atoms with van der Waals surface area (Å²) >= 11 is 0. The average Bonchev–Trinajstić information content (AvgIpc) is 2.29. The number of carbonyl (C=O) groups is 1. The number of halogens is 1. The first-order chi connectivity index (χ1) is 8.10. The van der Waals surface area contributed by atoms with Gasteiger partial charge in [-0.2, -0.15) is 5.26 Å². The zero-order valence-corrected chi connectivity index (χ0v) is 9.53. The molecule has 5 heteroatoms. The molecule has 1 atom stereocenters. The van der Waals surface area contributed by atoms with E-state index in [0.29, 0.717) is 13.0 Å². The van der Waals surface area contributed by atoms with Crippen LogP contribution in [0.1, 0.15) is 18.9 Å². The molecular formula is C12H14FN3O. The lowest BCUT2D eigenvalue weighted by Crippen LogP contribution is -2.23. The van der Waals surface area contributed by atoms with Crippen molar-refractivity contribution in [2.24, 2.45) is 11.7 Å². The fourth-order valence-corrected chi connectivity index (χ4v) is 1.38. The highest BCUT2D eigenvalue weighted by Crippen LogP contribution is 2.18. The maximum absolute atomic E-state index is 13.3. The number of hydrogen-bond donors (Lipinski definition) is 2. The summed E-state index contributed by atoms with van der Waals surface area (Å²) in [5.41, 5.74) is 5.39. The van der Waals surface area contributed by atoms with E-state index < -0.39 is 5.82 Å². The second-order valence-corrected chi connectivity index (χ2v) is 3.74. The standard InChI is InChI=1S/C12H14FN3O/c1-8(5-6-14)12(17)16-11-4-2-3-10(13)9(11)7-15/h2-4,8H,5-6,14H2,1H3,(H,16,17). The minimum atomic E-state index is -0.642. The van der Waals surface area contributed by atoms with Crippen LogP contribution >= 0.6 is 0 Å². The van der Waals surface area contributed by atoms with Crippen LogP contribution in [-0.4, -0.2) is 12.5 Å². The highest BCUT2D eigenvalue weighted by molar-refractivity contribution is 5.93. The summed E-state index contributed by atoms with van der Waals surface area (Å²) in [4.78, 5) is 11.7. The van der Waals surface area contributed by atoms with Crippen LogP contribution in [0.5, 0.6) is 0 Å². The molecule has 0 heterocycles. The van der Waals surface area contributed by atoms with Gasteiger partial charge in [-0.1, -0.05) is 13.0 Å². The van der Waals surface area contributed by atoms with E-state index >= 15 is 0 Å². The van der Waals surface area contributed by atoms with E-state index in [1.807, 2.05) is 0 Å². The number of carbonyl (C=O) groups excluding carboxylic acids is 1. The van der Waals surface area contributed by atoms with Gasteiger partial charge in [-0.3, -0.25) is 4.79 Å². The molecular weight excluding hydrogens is 221 g/mol. The van der Waals surface area contributed by atoms with Crippen LogP contribution < -0.4 is 11.1 Å². The molecule has 0 aromatic heterocycles. The van der Waals surface area contributed by atoms with Crippen LogP contribution in [0.4, 0.5) is 10.1 Å². The van der Waals surface area contributed by atoms with Gasteiger partial charge in [0.2, 0.25) is 5.91 Å². The van der Waals surface area contributed by atoms with Crippen molar-refractivity contribution in [1.29, 1.82) is 5.26 Å². The number of hydrogen-bond acceptors (Lipinski definition) is 3. The van der Waals surface area contributed by atoms with Crippen LogP contribution in [0.25, 0.3) is 0 Å². The summed E-state index contributed by atoms with van der Waals surface area (Å²) < 4.78 is 13.3. The number of nitrogens with one attached hydrogen (secondary N) is 1. The van der Waals surface area contributed by atoms with Gasteiger partial charge < -0.3 is 11.1 Å². The van der Waals surface area contributed by atoms with Gasteiger partial charge in [0.25, 0.3) is 0 Å². The maximum atomic E-state index is 13.3. The minimum Gasteiger partial charge on any atom is -0.330 e. The zero-order chi connectivity index (χ0) is 12.8. The number of rotatable bonds is 4. The highest BCUT2D eigenvalue weighted by Gasteiger charge is 2.15. The normalized spacial score (nSPS) is 11.6. The van der Waals surface area contributed by atoms with Gasteiger partial charge in [0.15, 0.2) is 0 Å². The summed E-state index contributed by atoms with van der Waals surface area (Å²) in [6.07, 6.45) is 0.545. The second-order valence-electron chi connectivity index (χ2n) is 3.74. The molecule has 1 aromatic rings. The predicted molar refractivity (Wildman–Crippen MR) is 62.6 cm³/mol. The van der Waals surface area contributed by atoms with Gasteiger partial charge in [-0.05, 0) is 25.1 Å². The topological polar surface area (TPSA) is 78.9 Å². The fraction of sp³-hybridized carbons (Fsp3) is 0.333. The van der Waals surface area contributed by atoms with Crippen LogP contribution in [0.2, 0.25) is 0 Å². The van der Waals surface area contributed by atoms with E-state index in [2.05, 4.69) is 5.32 Å². The Kier molecular flexibility index (Phi) is 4.61. The summed E-state index contributed by atoms with van der Waals surface area (Å²) in [5, 5.41) is 11.3. The van der Waals surface area contributed by atoms with Crippen LogP contribution in [0, 0.1) is 23.1 Å². The number of anilines is 1. The molecule has 3 N–H and O–H groups in total. The monoisotopic (exact) mass is 235 g/mol. The smallest absolute Gasteiger partial charge is 0.227 e. The van der Waals surface area contributed by atoms with Crippen LogP contribution in [-0.2, 0) is 4.79 Å². The molecule has 1 rings (SSSR count). The number of nitrogens with two attached hydrogens (primary N) is 1. The number of nitrogens with zero attached hydrogens (tertiary/aromatic N) is 1. The molecule has 17 heavy (non-hydrogen) atoms. The first kappa shape index (κ1) is 13.1. The van der Waals surface area contributed by atoms with Gasteiger partial charge in [-0.25, -0.2) is 4.39 Å². The van der Waals surface area contributed by atoms with E-state index in [1.54, 1.807) is 13.0 Å². The molecule has 0 saturated carbocycles. The van der Waals surface area contributed by atoms with Crippen molar-refractivity contribution in [1.82, 2.24) is 0 Å². The van der Waals surface area contributed by atoms with Crippen molar-refractivity contribution in [2.75, 3.05) is 11.9 Å². The summed E-state index contributed by atoms with van der Waals surface area (Å²) in [6, 6.07) is 5.84. The van der Waals surface area contributed by atoms with Gasteiger partial charge >= 0.3 is 0 Å². The lowest BCUT2D eigenvalue weighted by molar-refractivity contribution is -0.119. The molecule has 0 bridgehead atoms. The number of nitriles is 1. The third kappa shape index (κ3) is 3.26. The lowest BCUT2D eigenvalue weighted by atomic mass is 10.1. The fourth-order valence-electron chi connectivity index (χ4n) is 1.38. The molecule has 4 nitrogen and oxygen atoms in total. The quantitative estimate of drug-likeness (QED) is 0.832.